The number of aliphatic hydroxyl groups excluding tert-OH is 1. The van der Waals surface area contributed by atoms with Crippen LogP contribution in [0.1, 0.15) is 36.9 Å². The molecule has 150 valence electrons. The molecule has 1 fully saturated rings. The van der Waals surface area contributed by atoms with Gasteiger partial charge >= 0.3 is 0 Å². The van der Waals surface area contributed by atoms with Crippen LogP contribution in [0.3, 0.4) is 0 Å². The van der Waals surface area contributed by atoms with E-state index >= 15 is 0 Å². The Bertz CT molecular complexity index is 966. The van der Waals surface area contributed by atoms with Crippen LogP contribution < -0.4 is 9.47 Å². The summed E-state index contributed by atoms with van der Waals surface area (Å²) in [4.78, 5) is 27.3. The Morgan fingerprint density at radius 2 is 1.79 bits per heavy atom. The Morgan fingerprint density at radius 3 is 2.52 bits per heavy atom. The summed E-state index contributed by atoms with van der Waals surface area (Å²) in [5, 5.41) is 10.9. The lowest BCUT2D eigenvalue weighted by atomic mass is 9.95. The van der Waals surface area contributed by atoms with Crippen molar-refractivity contribution in [2.75, 3.05) is 19.8 Å². The van der Waals surface area contributed by atoms with Crippen LogP contribution in [0.15, 0.2) is 54.1 Å². The van der Waals surface area contributed by atoms with Crippen molar-refractivity contribution in [3.8, 4) is 11.5 Å². The third kappa shape index (κ3) is 3.46. The number of carbonyl (C=O) groups is 2. The molecule has 1 N–H and O–H groups in total. The number of hydrogen-bond donors (Lipinski definition) is 1. The molecule has 0 aromatic heterocycles. The van der Waals surface area contributed by atoms with Crippen LogP contribution in [0.4, 0.5) is 0 Å². The molecule has 0 aliphatic carbocycles. The summed E-state index contributed by atoms with van der Waals surface area (Å²) in [7, 11) is 0. The molecule has 4 rings (SSSR count). The fourth-order valence-corrected chi connectivity index (χ4v) is 3.77. The highest BCUT2D eigenvalue weighted by Crippen LogP contribution is 2.42. The molecule has 6 heteroatoms. The molecule has 0 spiro atoms. The lowest BCUT2D eigenvalue weighted by Crippen LogP contribution is -2.30. The molecule has 0 saturated carbocycles. The van der Waals surface area contributed by atoms with Crippen molar-refractivity contribution in [3.63, 3.8) is 0 Å². The van der Waals surface area contributed by atoms with Gasteiger partial charge in [-0.15, -0.1) is 0 Å². The second-order valence-corrected chi connectivity index (χ2v) is 7.12. The number of rotatable bonds is 5. The van der Waals surface area contributed by atoms with Gasteiger partial charge in [0.2, 0.25) is 0 Å². The number of ether oxygens (including phenoxy) is 2. The third-order valence-electron chi connectivity index (χ3n) is 5.22. The van der Waals surface area contributed by atoms with Crippen LogP contribution in [0, 0.1) is 0 Å². The molecular formula is C23H23NO5. The van der Waals surface area contributed by atoms with Gasteiger partial charge in [0.1, 0.15) is 19.0 Å². The van der Waals surface area contributed by atoms with Gasteiger partial charge in [-0.3, -0.25) is 9.59 Å². The molecule has 2 aliphatic heterocycles. The fourth-order valence-electron chi connectivity index (χ4n) is 3.77. The minimum atomic E-state index is -0.669. The summed E-state index contributed by atoms with van der Waals surface area (Å²) in [6, 6.07) is 13.6. The van der Waals surface area contributed by atoms with Crippen molar-refractivity contribution < 1.29 is 24.2 Å². The van der Waals surface area contributed by atoms with Gasteiger partial charge in [-0.1, -0.05) is 49.7 Å². The average Bonchev–Trinajstić information content (AvgIpc) is 3.02. The zero-order chi connectivity index (χ0) is 20.4. The number of likely N-dealkylation sites (tertiary alicyclic amines) is 1. The normalized spacial score (nSPS) is 20.2. The van der Waals surface area contributed by atoms with Crippen molar-refractivity contribution in [2.24, 2.45) is 0 Å². The summed E-state index contributed by atoms with van der Waals surface area (Å²) >= 11 is 0. The molecule has 0 bridgehead atoms. The number of carbonyl (C=O) groups excluding carboxylic acids is 2. The Labute approximate surface area is 169 Å². The quantitative estimate of drug-likeness (QED) is 0.476. The van der Waals surface area contributed by atoms with Gasteiger partial charge in [-0.2, -0.15) is 0 Å². The number of amides is 1. The Hall–Kier alpha value is -3.28. The minimum absolute atomic E-state index is 0.106. The second kappa shape index (κ2) is 7.99. The molecule has 1 amide bonds. The van der Waals surface area contributed by atoms with Crippen molar-refractivity contribution in [3.05, 3.63) is 65.2 Å². The predicted molar refractivity (Wildman–Crippen MR) is 108 cm³/mol. The highest BCUT2D eigenvalue weighted by Gasteiger charge is 2.46. The first-order valence-electron chi connectivity index (χ1n) is 9.85. The second-order valence-electron chi connectivity index (χ2n) is 7.12. The Kier molecular flexibility index (Phi) is 5.25. The zero-order valence-corrected chi connectivity index (χ0v) is 16.3. The number of nitrogens with zero attached hydrogens (tertiary/aromatic N) is 1. The zero-order valence-electron chi connectivity index (χ0n) is 16.3. The predicted octanol–water partition coefficient (Wildman–Crippen LogP) is 3.68. The first-order chi connectivity index (χ1) is 14.1. The minimum Gasteiger partial charge on any atom is -0.507 e. The van der Waals surface area contributed by atoms with Crippen molar-refractivity contribution in [2.45, 2.75) is 25.8 Å². The van der Waals surface area contributed by atoms with Crippen LogP contribution in [0.2, 0.25) is 0 Å². The molecule has 2 aromatic carbocycles. The Balaban J connectivity index is 1.84. The van der Waals surface area contributed by atoms with E-state index in [1.54, 1.807) is 41.3 Å². The first kappa shape index (κ1) is 19.1. The lowest BCUT2D eigenvalue weighted by molar-refractivity contribution is -0.139. The van der Waals surface area contributed by atoms with Gasteiger partial charge in [-0.25, -0.2) is 0 Å². The number of ketones is 1. The highest BCUT2D eigenvalue weighted by atomic mass is 16.6. The van der Waals surface area contributed by atoms with Gasteiger partial charge in [0.25, 0.3) is 11.7 Å². The molecule has 29 heavy (non-hydrogen) atoms. The van der Waals surface area contributed by atoms with E-state index in [0.29, 0.717) is 42.4 Å². The summed E-state index contributed by atoms with van der Waals surface area (Å²) in [6.07, 6.45) is 1.65. The van der Waals surface area contributed by atoms with Gasteiger partial charge in [-0.05, 0) is 24.1 Å². The Morgan fingerprint density at radius 1 is 1.07 bits per heavy atom. The van der Waals surface area contributed by atoms with Crippen molar-refractivity contribution in [1.82, 2.24) is 4.90 Å². The maximum Gasteiger partial charge on any atom is 0.295 e. The molecule has 2 aliphatic rings. The first-order valence-corrected chi connectivity index (χ1v) is 9.85. The number of fused-ring (bicyclic) bond motifs is 1. The molecule has 6 nitrogen and oxygen atoms in total. The van der Waals surface area contributed by atoms with E-state index in [0.717, 1.165) is 12.8 Å². The van der Waals surface area contributed by atoms with Crippen molar-refractivity contribution >= 4 is 17.4 Å². The number of aliphatic hydroxyl groups is 1. The third-order valence-corrected chi connectivity index (χ3v) is 5.22. The lowest BCUT2D eigenvalue weighted by Gasteiger charge is -2.27. The molecule has 1 atom stereocenters. The maximum absolute atomic E-state index is 12.9. The number of hydrogen-bond acceptors (Lipinski definition) is 5. The van der Waals surface area contributed by atoms with Crippen LogP contribution >= 0.6 is 0 Å². The van der Waals surface area contributed by atoms with Gasteiger partial charge in [0.05, 0.1) is 11.6 Å². The monoisotopic (exact) mass is 393 g/mol. The molecule has 2 heterocycles. The van der Waals surface area contributed by atoms with E-state index in [2.05, 4.69) is 0 Å². The summed E-state index contributed by atoms with van der Waals surface area (Å²) < 4.78 is 11.3. The highest BCUT2D eigenvalue weighted by molar-refractivity contribution is 6.46. The maximum atomic E-state index is 12.9. The van der Waals surface area contributed by atoms with E-state index in [1.807, 2.05) is 19.1 Å². The SMILES string of the molecule is CCCCN1C(=O)C(=O)/C(=C(\O)c2ccccc2)C1c1ccc2c(c1)OCCO2. The van der Waals surface area contributed by atoms with E-state index in [1.165, 1.54) is 0 Å². The van der Waals surface area contributed by atoms with Crippen LogP contribution in [0.5, 0.6) is 11.5 Å². The number of unbranched alkanes of at least 4 members (excludes halogenated alkanes) is 1. The van der Waals surface area contributed by atoms with E-state index in [9.17, 15) is 14.7 Å². The topological polar surface area (TPSA) is 76.1 Å². The number of Topliss-reactive ketones (excluding diaryl/α,β-unsaturated/α-hetero) is 1. The fraction of sp³-hybridized carbons (Fsp3) is 0.304. The van der Waals surface area contributed by atoms with E-state index in [4.69, 9.17) is 9.47 Å². The molecule has 1 saturated heterocycles. The van der Waals surface area contributed by atoms with Gasteiger partial charge in [0, 0.05) is 12.1 Å². The standard InChI is InChI=1S/C23H23NO5/c1-2-3-11-24-20(16-9-10-17-18(14-16)29-13-12-28-17)19(22(26)23(24)27)21(25)15-7-5-4-6-8-15/h4-10,14,20,25H,2-3,11-13H2,1H3/b21-19-. The molecule has 2 aromatic rings. The van der Waals surface area contributed by atoms with E-state index in [-0.39, 0.29) is 11.3 Å². The van der Waals surface area contributed by atoms with Crippen LogP contribution in [-0.2, 0) is 9.59 Å². The summed E-state index contributed by atoms with van der Waals surface area (Å²) in [5.74, 6) is -0.205. The van der Waals surface area contributed by atoms with Crippen molar-refractivity contribution in [1.29, 1.82) is 0 Å². The van der Waals surface area contributed by atoms with Crippen LogP contribution in [-0.4, -0.2) is 41.5 Å². The van der Waals surface area contributed by atoms with Gasteiger partial charge in [0.15, 0.2) is 11.5 Å². The largest absolute Gasteiger partial charge is 0.507 e. The molecular weight excluding hydrogens is 370 g/mol. The summed E-state index contributed by atoms with van der Waals surface area (Å²) in [6.45, 7) is 3.39. The van der Waals surface area contributed by atoms with E-state index < -0.39 is 17.7 Å². The molecule has 0 radical (unpaired) electrons. The average molecular weight is 393 g/mol. The van der Waals surface area contributed by atoms with Crippen LogP contribution in [0.25, 0.3) is 5.76 Å². The summed E-state index contributed by atoms with van der Waals surface area (Å²) in [5.41, 5.74) is 1.32. The number of benzene rings is 2. The molecule has 1 unspecified atom stereocenters. The van der Waals surface area contributed by atoms with Gasteiger partial charge < -0.3 is 19.5 Å². The smallest absolute Gasteiger partial charge is 0.295 e.